The van der Waals surface area contributed by atoms with Crippen LogP contribution >= 0.6 is 0 Å². The van der Waals surface area contributed by atoms with E-state index in [4.69, 9.17) is 5.73 Å². The van der Waals surface area contributed by atoms with Crippen molar-refractivity contribution in [1.29, 1.82) is 0 Å². The topological polar surface area (TPSA) is 55.0 Å². The third-order valence-corrected chi connectivity index (χ3v) is 2.45. The summed E-state index contributed by atoms with van der Waals surface area (Å²) in [6.07, 6.45) is 1.40. The Labute approximate surface area is 86.1 Å². The molecule has 0 aromatic carbocycles. The van der Waals surface area contributed by atoms with Gasteiger partial charge in [-0.1, -0.05) is 0 Å². The summed E-state index contributed by atoms with van der Waals surface area (Å²) in [5.74, 6) is -2.01. The fraction of sp³-hybridized carbons (Fsp3) is 0.556. The van der Waals surface area contributed by atoms with E-state index < -0.39 is 5.92 Å². The van der Waals surface area contributed by atoms with Crippen molar-refractivity contribution in [1.82, 2.24) is 9.97 Å². The number of nitrogens with two attached hydrogens (primary N) is 1. The average Bonchev–Trinajstić information content (AvgIpc) is 2.51. The quantitative estimate of drug-likeness (QED) is 0.763. The zero-order chi connectivity index (χ0) is 11.1. The van der Waals surface area contributed by atoms with Crippen LogP contribution in [-0.2, 0) is 0 Å². The van der Waals surface area contributed by atoms with Crippen molar-refractivity contribution < 1.29 is 8.78 Å². The van der Waals surface area contributed by atoms with Crippen molar-refractivity contribution in [2.24, 2.45) is 0 Å². The fourth-order valence-corrected chi connectivity index (χ4v) is 1.50. The van der Waals surface area contributed by atoms with E-state index in [9.17, 15) is 8.78 Å². The summed E-state index contributed by atoms with van der Waals surface area (Å²) in [4.78, 5) is 9.42. The first kappa shape index (κ1) is 10.1. The number of hydrogen-bond acceptors (Lipinski definition) is 4. The first-order valence-corrected chi connectivity index (χ1v) is 4.70. The number of alkyl halides is 2. The van der Waals surface area contributed by atoms with E-state index in [1.807, 2.05) is 0 Å². The standard InChI is InChI=1S/C9H12F2N4/c1-6-4-13-8(14-7(6)12)15-3-2-9(10,11)5-15/h4H,2-3,5H2,1H3,(H2,12,13,14). The van der Waals surface area contributed by atoms with Gasteiger partial charge < -0.3 is 10.6 Å². The van der Waals surface area contributed by atoms with Gasteiger partial charge in [-0.15, -0.1) is 0 Å². The van der Waals surface area contributed by atoms with Crippen molar-refractivity contribution >= 4 is 11.8 Å². The summed E-state index contributed by atoms with van der Waals surface area (Å²) in [6.45, 7) is 1.72. The Hall–Kier alpha value is -1.46. The van der Waals surface area contributed by atoms with E-state index in [0.717, 1.165) is 5.56 Å². The summed E-state index contributed by atoms with van der Waals surface area (Å²) in [7, 11) is 0. The number of nitrogens with zero attached hydrogens (tertiary/aromatic N) is 3. The monoisotopic (exact) mass is 214 g/mol. The van der Waals surface area contributed by atoms with Crippen LogP contribution in [0.3, 0.4) is 0 Å². The molecule has 2 N–H and O–H groups in total. The van der Waals surface area contributed by atoms with Crippen molar-refractivity contribution in [3.05, 3.63) is 11.8 Å². The molecule has 0 saturated carbocycles. The molecule has 1 aromatic rings. The molecule has 1 saturated heterocycles. The van der Waals surface area contributed by atoms with Gasteiger partial charge in [0.05, 0.1) is 6.54 Å². The molecular weight excluding hydrogens is 202 g/mol. The van der Waals surface area contributed by atoms with Crippen LogP contribution in [0, 0.1) is 6.92 Å². The van der Waals surface area contributed by atoms with Gasteiger partial charge in [-0.25, -0.2) is 13.8 Å². The van der Waals surface area contributed by atoms with E-state index in [0.29, 0.717) is 5.82 Å². The van der Waals surface area contributed by atoms with Crippen LogP contribution < -0.4 is 10.6 Å². The van der Waals surface area contributed by atoms with E-state index in [-0.39, 0.29) is 25.5 Å². The minimum atomic E-state index is -2.64. The van der Waals surface area contributed by atoms with Crippen molar-refractivity contribution in [3.8, 4) is 0 Å². The maximum atomic E-state index is 12.9. The number of halogens is 2. The molecule has 0 radical (unpaired) electrons. The van der Waals surface area contributed by atoms with Crippen LogP contribution in [-0.4, -0.2) is 29.0 Å². The highest BCUT2D eigenvalue weighted by molar-refractivity contribution is 5.44. The van der Waals surface area contributed by atoms with Gasteiger partial charge in [0.2, 0.25) is 5.95 Å². The third kappa shape index (κ3) is 1.98. The minimum absolute atomic E-state index is 0.149. The van der Waals surface area contributed by atoms with Crippen LogP contribution in [0.15, 0.2) is 6.20 Å². The summed E-state index contributed by atoms with van der Waals surface area (Å²) in [6, 6.07) is 0. The summed E-state index contributed by atoms with van der Waals surface area (Å²) < 4.78 is 25.9. The molecule has 1 aliphatic rings. The van der Waals surface area contributed by atoms with E-state index >= 15 is 0 Å². The molecule has 2 heterocycles. The average molecular weight is 214 g/mol. The van der Waals surface area contributed by atoms with Gasteiger partial charge in [-0.3, -0.25) is 0 Å². The molecule has 0 bridgehead atoms. The maximum absolute atomic E-state index is 12.9. The Morgan fingerprint density at radius 1 is 1.53 bits per heavy atom. The lowest BCUT2D eigenvalue weighted by molar-refractivity contribution is 0.0256. The highest BCUT2D eigenvalue weighted by atomic mass is 19.3. The SMILES string of the molecule is Cc1cnc(N2CCC(F)(F)C2)nc1N. The van der Waals surface area contributed by atoms with Gasteiger partial charge in [0.15, 0.2) is 0 Å². The number of nitrogen functional groups attached to an aromatic ring is 1. The fourth-order valence-electron chi connectivity index (χ4n) is 1.50. The second-order valence-electron chi connectivity index (χ2n) is 3.77. The minimum Gasteiger partial charge on any atom is -0.383 e. The molecular formula is C9H12F2N4. The molecule has 82 valence electrons. The van der Waals surface area contributed by atoms with Gasteiger partial charge >= 0.3 is 0 Å². The highest BCUT2D eigenvalue weighted by Gasteiger charge is 2.39. The van der Waals surface area contributed by atoms with E-state index in [1.165, 1.54) is 4.90 Å². The van der Waals surface area contributed by atoms with Gasteiger partial charge in [-0.2, -0.15) is 4.98 Å². The number of aromatic nitrogens is 2. The summed E-state index contributed by atoms with van der Waals surface area (Å²) in [5.41, 5.74) is 6.34. The number of aryl methyl sites for hydroxylation is 1. The second-order valence-corrected chi connectivity index (χ2v) is 3.77. The molecule has 1 fully saturated rings. The smallest absolute Gasteiger partial charge is 0.267 e. The van der Waals surface area contributed by atoms with Crippen LogP contribution in [0.5, 0.6) is 0 Å². The Bertz CT molecular complexity index is 380. The Morgan fingerprint density at radius 2 is 2.27 bits per heavy atom. The lowest BCUT2D eigenvalue weighted by atomic mass is 10.3. The number of rotatable bonds is 1. The molecule has 1 aliphatic heterocycles. The lowest BCUT2D eigenvalue weighted by Crippen LogP contribution is -2.26. The largest absolute Gasteiger partial charge is 0.383 e. The Kier molecular flexibility index (Phi) is 2.21. The van der Waals surface area contributed by atoms with E-state index in [2.05, 4.69) is 9.97 Å². The zero-order valence-electron chi connectivity index (χ0n) is 8.37. The van der Waals surface area contributed by atoms with Gasteiger partial charge in [0.25, 0.3) is 5.92 Å². The predicted octanol–water partition coefficient (Wildman–Crippen LogP) is 1.21. The normalized spacial score (nSPS) is 19.5. The van der Waals surface area contributed by atoms with Gasteiger partial charge in [0.1, 0.15) is 5.82 Å². The van der Waals surface area contributed by atoms with Crippen LogP contribution in [0.2, 0.25) is 0 Å². The zero-order valence-corrected chi connectivity index (χ0v) is 8.37. The summed E-state index contributed by atoms with van der Waals surface area (Å²) >= 11 is 0. The Balaban J connectivity index is 2.21. The molecule has 15 heavy (non-hydrogen) atoms. The summed E-state index contributed by atoms with van der Waals surface area (Å²) in [5, 5.41) is 0. The molecule has 0 spiro atoms. The van der Waals surface area contributed by atoms with E-state index in [1.54, 1.807) is 13.1 Å². The predicted molar refractivity (Wildman–Crippen MR) is 53.0 cm³/mol. The van der Waals surface area contributed by atoms with Crippen LogP contribution in [0.4, 0.5) is 20.5 Å². The van der Waals surface area contributed by atoms with Crippen LogP contribution in [0.25, 0.3) is 0 Å². The van der Waals surface area contributed by atoms with Gasteiger partial charge in [0, 0.05) is 24.7 Å². The molecule has 0 aliphatic carbocycles. The second kappa shape index (κ2) is 3.29. The molecule has 1 aromatic heterocycles. The molecule has 0 atom stereocenters. The third-order valence-electron chi connectivity index (χ3n) is 2.45. The van der Waals surface area contributed by atoms with Gasteiger partial charge in [-0.05, 0) is 6.92 Å². The molecule has 4 nitrogen and oxygen atoms in total. The van der Waals surface area contributed by atoms with Crippen molar-refractivity contribution in [2.75, 3.05) is 23.7 Å². The van der Waals surface area contributed by atoms with Crippen molar-refractivity contribution in [3.63, 3.8) is 0 Å². The van der Waals surface area contributed by atoms with Crippen molar-refractivity contribution in [2.45, 2.75) is 19.3 Å². The number of hydrogen-bond donors (Lipinski definition) is 1. The molecule has 6 heteroatoms. The van der Waals surface area contributed by atoms with Crippen LogP contribution in [0.1, 0.15) is 12.0 Å². The maximum Gasteiger partial charge on any atom is 0.267 e. The lowest BCUT2D eigenvalue weighted by Gasteiger charge is -2.16. The molecule has 0 unspecified atom stereocenters. The Morgan fingerprint density at radius 3 is 2.80 bits per heavy atom. The number of anilines is 2. The molecule has 0 amide bonds. The highest BCUT2D eigenvalue weighted by Crippen LogP contribution is 2.29. The first-order chi connectivity index (χ1) is 6.98. The first-order valence-electron chi connectivity index (χ1n) is 4.70. The molecule has 2 rings (SSSR count).